The molecule has 3 rings (SSSR count). The third-order valence-corrected chi connectivity index (χ3v) is 7.11. The van der Waals surface area contributed by atoms with E-state index >= 15 is 0 Å². The minimum absolute atomic E-state index is 0.0221. The Balaban J connectivity index is 1.92. The number of thiophene rings is 1. The predicted molar refractivity (Wildman–Crippen MR) is 94.7 cm³/mol. The molecule has 6 nitrogen and oxygen atoms in total. The minimum Gasteiger partial charge on any atom is -0.454 e. The number of benzene rings is 1. The fraction of sp³-hybridized carbons (Fsp3) is 0.353. The highest BCUT2D eigenvalue weighted by Gasteiger charge is 2.32. The first-order valence-electron chi connectivity index (χ1n) is 7.84. The maximum absolute atomic E-state index is 13.2. The Labute approximate surface area is 150 Å². The molecule has 134 valence electrons. The Morgan fingerprint density at radius 2 is 2.00 bits per heavy atom. The summed E-state index contributed by atoms with van der Waals surface area (Å²) in [4.78, 5) is 12.7. The number of sulfone groups is 1. The van der Waals surface area contributed by atoms with Gasteiger partial charge in [0.05, 0.1) is 4.90 Å². The zero-order chi connectivity index (χ0) is 18.0. The van der Waals surface area contributed by atoms with Crippen molar-refractivity contribution in [1.29, 1.82) is 0 Å². The summed E-state index contributed by atoms with van der Waals surface area (Å²) in [5.74, 6) is 0.552. The third kappa shape index (κ3) is 3.64. The van der Waals surface area contributed by atoms with Crippen LogP contribution in [0.15, 0.2) is 40.6 Å². The molecule has 1 aliphatic rings. The summed E-state index contributed by atoms with van der Waals surface area (Å²) in [6.07, 6.45) is 0. The number of carbonyl (C=O) groups is 1. The SMILES string of the molecule is CC(C)C(=O)NC[C@@H](c1cccs1)S(=O)(=O)c1ccc2c(c1)OCO2. The number of rotatable bonds is 6. The molecule has 0 bridgehead atoms. The van der Waals surface area contributed by atoms with Crippen LogP contribution in [-0.2, 0) is 14.6 Å². The van der Waals surface area contributed by atoms with Crippen molar-refractivity contribution in [3.05, 3.63) is 40.6 Å². The molecule has 0 saturated heterocycles. The molecule has 25 heavy (non-hydrogen) atoms. The number of amides is 1. The molecule has 1 aromatic heterocycles. The average Bonchev–Trinajstić information content (AvgIpc) is 3.25. The first-order valence-corrected chi connectivity index (χ1v) is 10.3. The highest BCUT2D eigenvalue weighted by Crippen LogP contribution is 2.38. The number of fused-ring (bicyclic) bond motifs is 1. The fourth-order valence-corrected chi connectivity index (χ4v) is 5.25. The van der Waals surface area contributed by atoms with E-state index in [0.717, 1.165) is 0 Å². The molecule has 1 amide bonds. The first kappa shape index (κ1) is 17.8. The fourth-order valence-electron chi connectivity index (χ4n) is 2.45. The van der Waals surface area contributed by atoms with Gasteiger partial charge in [-0.05, 0) is 23.6 Å². The molecule has 0 spiro atoms. The Hall–Kier alpha value is -2.06. The highest BCUT2D eigenvalue weighted by molar-refractivity contribution is 7.91. The molecule has 0 fully saturated rings. The molecule has 1 atom stereocenters. The summed E-state index contributed by atoms with van der Waals surface area (Å²) in [5.41, 5.74) is 0. The zero-order valence-corrected chi connectivity index (χ0v) is 15.5. The van der Waals surface area contributed by atoms with E-state index in [2.05, 4.69) is 5.32 Å². The molecule has 0 saturated carbocycles. The van der Waals surface area contributed by atoms with Gasteiger partial charge in [0.2, 0.25) is 12.7 Å². The van der Waals surface area contributed by atoms with E-state index in [1.807, 2.05) is 5.38 Å². The molecule has 8 heteroatoms. The Morgan fingerprint density at radius 1 is 1.24 bits per heavy atom. The van der Waals surface area contributed by atoms with Crippen molar-refractivity contribution >= 4 is 27.1 Å². The molecule has 0 radical (unpaired) electrons. The molecule has 0 aliphatic carbocycles. The van der Waals surface area contributed by atoms with Gasteiger partial charge in [-0.15, -0.1) is 11.3 Å². The molecule has 2 heterocycles. The van der Waals surface area contributed by atoms with Crippen molar-refractivity contribution in [3.8, 4) is 11.5 Å². The van der Waals surface area contributed by atoms with E-state index < -0.39 is 15.1 Å². The second-order valence-electron chi connectivity index (χ2n) is 5.96. The number of hydrogen-bond acceptors (Lipinski definition) is 6. The second kappa shape index (κ2) is 7.05. The van der Waals surface area contributed by atoms with Crippen molar-refractivity contribution in [2.75, 3.05) is 13.3 Å². The summed E-state index contributed by atoms with van der Waals surface area (Å²) in [7, 11) is -3.71. The summed E-state index contributed by atoms with van der Waals surface area (Å²) < 4.78 is 36.9. The number of carbonyl (C=O) groups excluding carboxylic acids is 1. The summed E-state index contributed by atoms with van der Waals surface area (Å²) in [6.45, 7) is 3.63. The summed E-state index contributed by atoms with van der Waals surface area (Å²) in [5, 5.41) is 3.70. The van der Waals surface area contributed by atoms with E-state index in [1.165, 1.54) is 23.5 Å². The van der Waals surface area contributed by atoms with Gasteiger partial charge in [0.1, 0.15) is 5.25 Å². The monoisotopic (exact) mass is 381 g/mol. The summed E-state index contributed by atoms with van der Waals surface area (Å²) in [6, 6.07) is 8.14. The Bertz CT molecular complexity index is 859. The zero-order valence-electron chi connectivity index (χ0n) is 13.9. The molecule has 1 aliphatic heterocycles. The molecule has 1 aromatic carbocycles. The quantitative estimate of drug-likeness (QED) is 0.832. The molecule has 1 N–H and O–H groups in total. The van der Waals surface area contributed by atoms with Gasteiger partial charge in [-0.1, -0.05) is 19.9 Å². The minimum atomic E-state index is -3.71. The van der Waals surface area contributed by atoms with Gasteiger partial charge >= 0.3 is 0 Å². The van der Waals surface area contributed by atoms with Crippen LogP contribution in [-0.4, -0.2) is 27.7 Å². The standard InChI is InChI=1S/C17H19NO5S2/c1-11(2)17(19)18-9-16(15-4-3-7-24-15)25(20,21)12-5-6-13-14(8-12)23-10-22-13/h3-8,11,16H,9-10H2,1-2H3,(H,18,19)/t16-/m0/s1. The van der Waals surface area contributed by atoms with Crippen LogP contribution in [0.1, 0.15) is 24.0 Å². The lowest BCUT2D eigenvalue weighted by atomic mass is 10.2. The van der Waals surface area contributed by atoms with Gasteiger partial charge in [-0.2, -0.15) is 0 Å². The van der Waals surface area contributed by atoms with Crippen molar-refractivity contribution in [2.24, 2.45) is 5.92 Å². The molecule has 0 unspecified atom stereocenters. The topological polar surface area (TPSA) is 81.7 Å². The number of hydrogen-bond donors (Lipinski definition) is 1. The van der Waals surface area contributed by atoms with Gasteiger partial charge in [0, 0.05) is 23.4 Å². The number of nitrogens with one attached hydrogen (secondary N) is 1. The van der Waals surface area contributed by atoms with Crippen LogP contribution in [0.2, 0.25) is 0 Å². The lowest BCUT2D eigenvalue weighted by molar-refractivity contribution is -0.123. The maximum Gasteiger partial charge on any atom is 0.231 e. The van der Waals surface area contributed by atoms with Crippen LogP contribution >= 0.6 is 11.3 Å². The van der Waals surface area contributed by atoms with Gasteiger partial charge in [-0.3, -0.25) is 4.79 Å². The summed E-state index contributed by atoms with van der Waals surface area (Å²) >= 11 is 1.35. The van der Waals surface area contributed by atoms with E-state index in [0.29, 0.717) is 16.4 Å². The Morgan fingerprint density at radius 3 is 2.68 bits per heavy atom. The lowest BCUT2D eigenvalue weighted by Crippen LogP contribution is -2.34. The van der Waals surface area contributed by atoms with E-state index in [4.69, 9.17) is 9.47 Å². The van der Waals surface area contributed by atoms with Crippen LogP contribution in [0, 0.1) is 5.92 Å². The normalized spacial score (nSPS) is 14.5. The van der Waals surface area contributed by atoms with Crippen molar-refractivity contribution < 1.29 is 22.7 Å². The van der Waals surface area contributed by atoms with Gasteiger partial charge in [0.25, 0.3) is 0 Å². The average molecular weight is 381 g/mol. The van der Waals surface area contributed by atoms with E-state index in [1.54, 1.807) is 32.0 Å². The van der Waals surface area contributed by atoms with Crippen LogP contribution in [0.5, 0.6) is 11.5 Å². The van der Waals surface area contributed by atoms with Crippen molar-refractivity contribution in [1.82, 2.24) is 5.32 Å². The van der Waals surface area contributed by atoms with Gasteiger partial charge in [-0.25, -0.2) is 8.42 Å². The van der Waals surface area contributed by atoms with Crippen LogP contribution in [0.25, 0.3) is 0 Å². The lowest BCUT2D eigenvalue weighted by Gasteiger charge is -2.18. The highest BCUT2D eigenvalue weighted by atomic mass is 32.2. The largest absolute Gasteiger partial charge is 0.454 e. The second-order valence-corrected chi connectivity index (χ2v) is 9.07. The Kier molecular flexibility index (Phi) is 5.01. The third-order valence-electron chi connectivity index (χ3n) is 3.89. The van der Waals surface area contributed by atoms with Crippen LogP contribution in [0.4, 0.5) is 0 Å². The smallest absolute Gasteiger partial charge is 0.231 e. The molecular weight excluding hydrogens is 362 g/mol. The van der Waals surface area contributed by atoms with Gasteiger partial charge < -0.3 is 14.8 Å². The van der Waals surface area contributed by atoms with E-state index in [9.17, 15) is 13.2 Å². The number of ether oxygens (including phenoxy) is 2. The maximum atomic E-state index is 13.2. The predicted octanol–water partition coefficient (Wildman–Crippen LogP) is 2.76. The van der Waals surface area contributed by atoms with Crippen LogP contribution in [0.3, 0.4) is 0 Å². The van der Waals surface area contributed by atoms with E-state index in [-0.39, 0.29) is 30.1 Å². The van der Waals surface area contributed by atoms with Gasteiger partial charge in [0.15, 0.2) is 21.3 Å². The molecular formula is C17H19NO5S2. The first-order chi connectivity index (χ1) is 11.9. The van der Waals surface area contributed by atoms with Crippen molar-refractivity contribution in [2.45, 2.75) is 24.0 Å². The van der Waals surface area contributed by atoms with Crippen LogP contribution < -0.4 is 14.8 Å². The molecule has 2 aromatic rings. The van der Waals surface area contributed by atoms with Crippen molar-refractivity contribution in [3.63, 3.8) is 0 Å².